The Morgan fingerprint density at radius 3 is 2.89 bits per heavy atom. The fraction of sp³-hybridized carbons (Fsp3) is 0.455. The summed E-state index contributed by atoms with van der Waals surface area (Å²) in [4.78, 5) is 14.7. The number of carboxylic acid groups (broad SMARTS) is 1. The van der Waals surface area contributed by atoms with Gasteiger partial charge in [0.1, 0.15) is 4.90 Å². The maximum absolute atomic E-state index is 12.5. The Labute approximate surface area is 119 Å². The molecule has 1 aliphatic heterocycles. The predicted molar refractivity (Wildman–Crippen MR) is 71.1 cm³/mol. The van der Waals surface area contributed by atoms with Gasteiger partial charge in [-0.1, -0.05) is 0 Å². The van der Waals surface area contributed by atoms with Gasteiger partial charge in [-0.2, -0.15) is 4.31 Å². The van der Waals surface area contributed by atoms with E-state index in [0.717, 1.165) is 0 Å². The van der Waals surface area contributed by atoms with Crippen LogP contribution in [0.3, 0.4) is 0 Å². The van der Waals surface area contributed by atoms with Gasteiger partial charge >= 0.3 is 5.97 Å². The van der Waals surface area contributed by atoms with Crippen molar-refractivity contribution in [1.82, 2.24) is 9.29 Å². The fourth-order valence-electron chi connectivity index (χ4n) is 2.20. The van der Waals surface area contributed by atoms with E-state index < -0.39 is 22.0 Å². The molecule has 2 heterocycles. The van der Waals surface area contributed by atoms with E-state index in [4.69, 9.17) is 5.11 Å². The van der Waals surface area contributed by atoms with Crippen molar-refractivity contribution in [2.75, 3.05) is 6.54 Å². The third kappa shape index (κ3) is 3.13. The number of hydrogen-bond acceptors (Lipinski definition) is 4. The summed E-state index contributed by atoms with van der Waals surface area (Å²) in [5, 5.41) is 8.83. The molecule has 0 amide bonds. The molecule has 0 aliphatic carbocycles. The molecule has 1 aromatic heterocycles. The molecular formula is C11H13BrN2O4S. The topological polar surface area (TPSA) is 87.6 Å². The number of halogens is 1. The molecule has 8 heteroatoms. The SMILES string of the molecule is O=C(O)CC1CCCN1S(=O)(=O)c1cncc(Br)c1. The highest BCUT2D eigenvalue weighted by atomic mass is 79.9. The number of pyridine rings is 1. The van der Waals surface area contributed by atoms with E-state index in [1.54, 1.807) is 0 Å². The Kier molecular flexibility index (Phi) is 4.22. The highest BCUT2D eigenvalue weighted by Gasteiger charge is 2.36. The number of aromatic nitrogens is 1. The van der Waals surface area contributed by atoms with Crippen LogP contribution in [0, 0.1) is 0 Å². The zero-order valence-electron chi connectivity index (χ0n) is 9.99. The van der Waals surface area contributed by atoms with Gasteiger partial charge in [-0.15, -0.1) is 0 Å². The fourth-order valence-corrected chi connectivity index (χ4v) is 4.40. The number of rotatable bonds is 4. The Balaban J connectivity index is 2.31. The minimum atomic E-state index is -3.68. The molecule has 1 aliphatic rings. The molecule has 19 heavy (non-hydrogen) atoms. The van der Waals surface area contributed by atoms with Crippen LogP contribution in [0.4, 0.5) is 0 Å². The van der Waals surface area contributed by atoms with Crippen molar-refractivity contribution in [3.05, 3.63) is 22.9 Å². The Morgan fingerprint density at radius 2 is 2.26 bits per heavy atom. The first-order valence-electron chi connectivity index (χ1n) is 5.75. The smallest absolute Gasteiger partial charge is 0.304 e. The van der Waals surface area contributed by atoms with Crippen LogP contribution in [-0.4, -0.2) is 41.4 Å². The Bertz CT molecular complexity index is 590. The lowest BCUT2D eigenvalue weighted by Crippen LogP contribution is -2.36. The van der Waals surface area contributed by atoms with Crippen molar-refractivity contribution < 1.29 is 18.3 Å². The van der Waals surface area contributed by atoms with Gasteiger partial charge in [0.25, 0.3) is 0 Å². The van der Waals surface area contributed by atoms with Gasteiger partial charge < -0.3 is 5.11 Å². The van der Waals surface area contributed by atoms with E-state index in [2.05, 4.69) is 20.9 Å². The van der Waals surface area contributed by atoms with Crippen molar-refractivity contribution in [3.8, 4) is 0 Å². The molecule has 1 atom stereocenters. The normalized spacial score (nSPS) is 20.6. The third-order valence-electron chi connectivity index (χ3n) is 3.02. The highest BCUT2D eigenvalue weighted by Crippen LogP contribution is 2.28. The lowest BCUT2D eigenvalue weighted by molar-refractivity contribution is -0.137. The van der Waals surface area contributed by atoms with Crippen LogP contribution in [0.2, 0.25) is 0 Å². The summed E-state index contributed by atoms with van der Waals surface area (Å²) in [7, 11) is -3.68. The summed E-state index contributed by atoms with van der Waals surface area (Å²) < 4.78 is 26.7. The second-order valence-electron chi connectivity index (χ2n) is 4.35. The molecule has 1 N–H and O–H groups in total. The average molecular weight is 349 g/mol. The molecule has 2 rings (SSSR count). The molecule has 0 bridgehead atoms. The van der Waals surface area contributed by atoms with Crippen molar-refractivity contribution in [2.45, 2.75) is 30.2 Å². The highest BCUT2D eigenvalue weighted by molar-refractivity contribution is 9.10. The van der Waals surface area contributed by atoms with E-state index in [1.165, 1.54) is 22.8 Å². The number of carbonyl (C=O) groups is 1. The molecule has 1 aromatic rings. The zero-order valence-corrected chi connectivity index (χ0v) is 12.4. The summed E-state index contributed by atoms with van der Waals surface area (Å²) in [6, 6.07) is 1.000. The number of carboxylic acids is 1. The second-order valence-corrected chi connectivity index (χ2v) is 7.15. The Hall–Kier alpha value is -0.990. The number of nitrogens with zero attached hydrogens (tertiary/aromatic N) is 2. The largest absolute Gasteiger partial charge is 0.481 e. The van der Waals surface area contributed by atoms with Gasteiger partial charge in [-0.05, 0) is 34.8 Å². The summed E-state index contributed by atoms with van der Waals surface area (Å²) in [6.45, 7) is 0.354. The molecule has 1 saturated heterocycles. The molecule has 6 nitrogen and oxygen atoms in total. The van der Waals surface area contributed by atoms with Gasteiger partial charge in [0.05, 0.1) is 6.42 Å². The van der Waals surface area contributed by atoms with Crippen molar-refractivity contribution in [2.24, 2.45) is 0 Å². The summed E-state index contributed by atoms with van der Waals surface area (Å²) in [6.07, 6.45) is 3.86. The maximum Gasteiger partial charge on any atom is 0.304 e. The van der Waals surface area contributed by atoms with Gasteiger partial charge in [0.15, 0.2) is 0 Å². The van der Waals surface area contributed by atoms with E-state index in [9.17, 15) is 13.2 Å². The lowest BCUT2D eigenvalue weighted by Gasteiger charge is -2.22. The zero-order chi connectivity index (χ0) is 14.0. The molecule has 0 spiro atoms. The monoisotopic (exact) mass is 348 g/mol. The quantitative estimate of drug-likeness (QED) is 0.890. The van der Waals surface area contributed by atoms with E-state index in [1.807, 2.05) is 0 Å². The summed E-state index contributed by atoms with van der Waals surface area (Å²) >= 11 is 3.18. The summed E-state index contributed by atoms with van der Waals surface area (Å²) in [5.74, 6) is -0.987. The van der Waals surface area contributed by atoms with Gasteiger partial charge in [0, 0.05) is 29.5 Å². The van der Waals surface area contributed by atoms with Crippen LogP contribution < -0.4 is 0 Å². The summed E-state index contributed by atoms with van der Waals surface area (Å²) in [5.41, 5.74) is 0. The lowest BCUT2D eigenvalue weighted by atomic mass is 10.2. The second kappa shape index (κ2) is 5.56. The third-order valence-corrected chi connectivity index (χ3v) is 5.37. The number of sulfonamides is 1. The minimum Gasteiger partial charge on any atom is -0.481 e. The molecule has 1 unspecified atom stereocenters. The van der Waals surface area contributed by atoms with Gasteiger partial charge in [-0.3, -0.25) is 9.78 Å². The van der Waals surface area contributed by atoms with Crippen LogP contribution in [0.25, 0.3) is 0 Å². The van der Waals surface area contributed by atoms with Gasteiger partial charge in [0.2, 0.25) is 10.0 Å². The maximum atomic E-state index is 12.5. The van der Waals surface area contributed by atoms with Crippen molar-refractivity contribution >= 4 is 31.9 Å². The molecule has 104 valence electrons. The van der Waals surface area contributed by atoms with Crippen LogP contribution in [-0.2, 0) is 14.8 Å². The molecule has 0 aromatic carbocycles. The first-order valence-corrected chi connectivity index (χ1v) is 7.99. The van der Waals surface area contributed by atoms with Crippen LogP contribution in [0.5, 0.6) is 0 Å². The average Bonchev–Trinajstić information content (AvgIpc) is 2.77. The molecule has 0 saturated carbocycles. The standard InChI is InChI=1S/C11H13BrN2O4S/c12-8-4-10(7-13-6-8)19(17,18)14-3-1-2-9(14)5-11(15)16/h4,6-7,9H,1-3,5H2,(H,15,16). The first kappa shape index (κ1) is 14.4. The minimum absolute atomic E-state index is 0.0826. The van der Waals surface area contributed by atoms with Crippen molar-refractivity contribution in [1.29, 1.82) is 0 Å². The van der Waals surface area contributed by atoms with E-state index >= 15 is 0 Å². The number of hydrogen-bond donors (Lipinski definition) is 1. The molecule has 0 radical (unpaired) electrons. The van der Waals surface area contributed by atoms with Gasteiger partial charge in [-0.25, -0.2) is 8.42 Å². The van der Waals surface area contributed by atoms with Crippen molar-refractivity contribution in [3.63, 3.8) is 0 Å². The van der Waals surface area contributed by atoms with Crippen LogP contribution >= 0.6 is 15.9 Å². The van der Waals surface area contributed by atoms with Crippen LogP contribution in [0.15, 0.2) is 27.8 Å². The van der Waals surface area contributed by atoms with E-state index in [0.29, 0.717) is 23.9 Å². The van der Waals surface area contributed by atoms with Crippen LogP contribution in [0.1, 0.15) is 19.3 Å². The Morgan fingerprint density at radius 1 is 1.53 bits per heavy atom. The molecular weight excluding hydrogens is 336 g/mol. The van der Waals surface area contributed by atoms with E-state index in [-0.39, 0.29) is 11.3 Å². The predicted octanol–water partition coefficient (Wildman–Crippen LogP) is 1.47. The number of aliphatic carboxylic acids is 1. The first-order chi connectivity index (χ1) is 8.91. The molecule has 1 fully saturated rings.